The normalized spacial score (nSPS) is 12.4. The van der Waals surface area contributed by atoms with E-state index in [1.807, 2.05) is 6.92 Å². The van der Waals surface area contributed by atoms with Gasteiger partial charge in [0.1, 0.15) is 9.04 Å². The van der Waals surface area contributed by atoms with Gasteiger partial charge >= 0.3 is 15.7 Å². The lowest BCUT2D eigenvalue weighted by Gasteiger charge is -2.00. The van der Waals surface area contributed by atoms with Crippen LogP contribution in [0.3, 0.4) is 0 Å². The quantitative estimate of drug-likeness (QED) is 0.407. The number of sulfonamides is 1. The van der Waals surface area contributed by atoms with E-state index in [9.17, 15) is 13.6 Å². The van der Waals surface area contributed by atoms with Gasteiger partial charge in [0, 0.05) is 0 Å². The van der Waals surface area contributed by atoms with Gasteiger partial charge < -0.3 is 0 Å². The first kappa shape index (κ1) is 14.8. The molecule has 0 bridgehead atoms. The molecule has 2 aromatic carbocycles. The maximum atomic E-state index is 12.3. The van der Waals surface area contributed by atoms with Crippen LogP contribution in [0.2, 0.25) is 0 Å². The molecule has 0 heterocycles. The van der Waals surface area contributed by atoms with Gasteiger partial charge in [0.2, 0.25) is 0 Å². The lowest BCUT2D eigenvalue weighted by atomic mass is 10.1. The third-order valence-corrected chi connectivity index (χ3v) is 4.40. The summed E-state index contributed by atoms with van der Waals surface area (Å²) < 4.78 is 24.7. The topological polar surface area (TPSA) is 81.2 Å². The van der Waals surface area contributed by atoms with Crippen molar-refractivity contribution in [2.75, 3.05) is 0 Å². The average Bonchev–Trinajstić information content (AvgIpc) is 2.49. The minimum Gasteiger partial charge on any atom is -0.272 e. The van der Waals surface area contributed by atoms with E-state index in [0.29, 0.717) is 5.56 Å². The Hall–Kier alpha value is -2.65. The maximum absolute atomic E-state index is 12.3. The Bertz CT molecular complexity index is 817. The summed E-state index contributed by atoms with van der Waals surface area (Å²) >= 11 is 0. The fraction of sp³-hybridized carbons (Fsp3) is 0.0667. The summed E-state index contributed by atoms with van der Waals surface area (Å²) in [5, 5.41) is 19.1. The minimum absolute atomic E-state index is 0.0208. The Labute approximate surface area is 123 Å². The van der Waals surface area contributed by atoms with E-state index in [-0.39, 0.29) is 14.8 Å². The van der Waals surface area contributed by atoms with E-state index in [1.165, 1.54) is 12.1 Å². The van der Waals surface area contributed by atoms with Crippen LogP contribution in [0.25, 0.3) is 0 Å². The van der Waals surface area contributed by atoms with Crippen LogP contribution in [0.4, 0.5) is 0 Å². The van der Waals surface area contributed by atoms with Crippen molar-refractivity contribution in [3.05, 3.63) is 65.7 Å². The summed E-state index contributed by atoms with van der Waals surface area (Å²) in [4.78, 5) is -0.0840. The molecule has 106 valence electrons. The molecule has 0 radical (unpaired) electrons. The second-order valence-corrected chi connectivity index (χ2v) is 6.15. The number of hydrogen-bond donors (Lipinski definition) is 1. The van der Waals surface area contributed by atoms with Crippen LogP contribution in [-0.2, 0) is 10.0 Å². The number of benzene rings is 2. The van der Waals surface area contributed by atoms with Crippen molar-refractivity contribution < 1.29 is 17.8 Å². The molecular weight excluding hydrogens is 288 g/mol. The van der Waals surface area contributed by atoms with Crippen LogP contribution in [0.5, 0.6) is 0 Å². The van der Waals surface area contributed by atoms with E-state index in [1.54, 1.807) is 48.5 Å². The molecule has 0 aromatic heterocycles. The first-order valence-corrected chi connectivity index (χ1v) is 7.54. The van der Waals surface area contributed by atoms with Gasteiger partial charge in [-0.05, 0) is 31.2 Å². The predicted octanol–water partition coefficient (Wildman–Crippen LogP) is 2.10. The highest BCUT2D eigenvalue weighted by molar-refractivity contribution is 7.85. The minimum atomic E-state index is -4.19. The Morgan fingerprint density at radius 2 is 1.67 bits per heavy atom. The Kier molecular flexibility index (Phi) is 4.05. The molecule has 0 fully saturated rings. The summed E-state index contributed by atoms with van der Waals surface area (Å²) in [5.74, 6) is 0. The molecule has 0 saturated carbocycles. The second kappa shape index (κ2) is 5.77. The molecule has 0 aliphatic carbocycles. The molecule has 0 spiro atoms. The van der Waals surface area contributed by atoms with E-state index in [4.69, 9.17) is 5.26 Å². The lowest BCUT2D eigenvalue weighted by molar-refractivity contribution is -0.655. The van der Waals surface area contributed by atoms with Crippen LogP contribution in [0.1, 0.15) is 11.1 Å². The Balaban J connectivity index is 2.60. The standard InChI is InChI=1S/C15H13N2O3S/c1-12-7-9-14(10-8-12)21(19,20)17(18)15(11-16)13-5-3-2-4-6-13/h2-10,18H,1H3/q+1. The molecule has 5 nitrogen and oxygen atoms in total. The van der Waals surface area contributed by atoms with Gasteiger partial charge in [0.05, 0.1) is 5.56 Å². The van der Waals surface area contributed by atoms with Crippen LogP contribution in [0, 0.1) is 18.3 Å². The summed E-state index contributed by atoms with van der Waals surface area (Å²) in [7, 11) is -4.19. The number of rotatable bonds is 3. The predicted molar refractivity (Wildman–Crippen MR) is 76.6 cm³/mol. The SMILES string of the molecule is Cc1ccc(S(=O)(=O)[N+](O)=C(C#N)c2ccccc2)cc1. The highest BCUT2D eigenvalue weighted by Gasteiger charge is 2.33. The molecule has 0 amide bonds. The molecule has 0 aliphatic rings. The van der Waals surface area contributed by atoms with E-state index < -0.39 is 10.0 Å². The van der Waals surface area contributed by atoms with Crippen molar-refractivity contribution in [3.63, 3.8) is 0 Å². The monoisotopic (exact) mass is 301 g/mol. The zero-order valence-corrected chi connectivity index (χ0v) is 12.1. The first-order valence-electron chi connectivity index (χ1n) is 6.10. The molecule has 2 rings (SSSR count). The summed E-state index contributed by atoms with van der Waals surface area (Å²) in [5.41, 5.74) is 0.861. The molecule has 6 heteroatoms. The van der Waals surface area contributed by atoms with Gasteiger partial charge in [0.25, 0.3) is 0 Å². The van der Waals surface area contributed by atoms with Crippen LogP contribution in [-0.4, -0.2) is 23.5 Å². The largest absolute Gasteiger partial charge is 0.439 e. The molecular formula is C15H13N2O3S+. The van der Waals surface area contributed by atoms with Crippen molar-refractivity contribution >= 4 is 15.7 Å². The third-order valence-electron chi connectivity index (χ3n) is 2.89. The van der Waals surface area contributed by atoms with Crippen LogP contribution >= 0.6 is 0 Å². The van der Waals surface area contributed by atoms with Gasteiger partial charge in [-0.1, -0.05) is 35.9 Å². The van der Waals surface area contributed by atoms with Gasteiger partial charge in [-0.3, -0.25) is 5.21 Å². The fourth-order valence-corrected chi connectivity index (χ4v) is 2.81. The molecule has 0 atom stereocenters. The summed E-state index contributed by atoms with van der Waals surface area (Å²) in [6.45, 7) is 1.82. The van der Waals surface area contributed by atoms with Crippen molar-refractivity contribution in [2.24, 2.45) is 0 Å². The van der Waals surface area contributed by atoms with E-state index in [0.717, 1.165) is 5.56 Å². The number of aryl methyl sites for hydroxylation is 1. The van der Waals surface area contributed by atoms with Crippen LogP contribution < -0.4 is 0 Å². The van der Waals surface area contributed by atoms with Crippen molar-refractivity contribution in [1.29, 1.82) is 5.26 Å². The average molecular weight is 301 g/mol. The number of nitriles is 1. The van der Waals surface area contributed by atoms with Crippen molar-refractivity contribution in [3.8, 4) is 6.07 Å². The van der Waals surface area contributed by atoms with Crippen LogP contribution in [0.15, 0.2) is 59.5 Å². The second-order valence-electron chi connectivity index (χ2n) is 4.39. The van der Waals surface area contributed by atoms with Gasteiger partial charge in [-0.2, -0.15) is 13.7 Å². The molecule has 1 N–H and O–H groups in total. The van der Waals surface area contributed by atoms with E-state index in [2.05, 4.69) is 0 Å². The van der Waals surface area contributed by atoms with Gasteiger partial charge in [-0.25, -0.2) is 0 Å². The van der Waals surface area contributed by atoms with Gasteiger partial charge in [-0.15, -0.1) is 0 Å². The summed E-state index contributed by atoms with van der Waals surface area (Å²) in [6, 6.07) is 15.9. The zero-order chi connectivity index (χ0) is 15.5. The molecule has 0 saturated heterocycles. The highest BCUT2D eigenvalue weighted by Crippen LogP contribution is 2.13. The fourth-order valence-electron chi connectivity index (χ4n) is 1.74. The van der Waals surface area contributed by atoms with Crippen molar-refractivity contribution in [1.82, 2.24) is 0 Å². The number of hydrogen-bond acceptors (Lipinski definition) is 4. The zero-order valence-electron chi connectivity index (χ0n) is 11.3. The smallest absolute Gasteiger partial charge is 0.272 e. The first-order chi connectivity index (χ1) is 9.96. The maximum Gasteiger partial charge on any atom is 0.439 e. The Morgan fingerprint density at radius 3 is 2.19 bits per heavy atom. The van der Waals surface area contributed by atoms with Crippen molar-refractivity contribution in [2.45, 2.75) is 11.8 Å². The highest BCUT2D eigenvalue weighted by atomic mass is 32.2. The molecule has 0 unspecified atom stereocenters. The molecule has 0 aliphatic heterocycles. The third kappa shape index (κ3) is 2.93. The molecule has 21 heavy (non-hydrogen) atoms. The molecule has 2 aromatic rings. The van der Waals surface area contributed by atoms with E-state index >= 15 is 0 Å². The Morgan fingerprint density at radius 1 is 1.10 bits per heavy atom. The lowest BCUT2D eigenvalue weighted by Crippen LogP contribution is -2.25. The summed E-state index contributed by atoms with van der Waals surface area (Å²) in [6.07, 6.45) is 0. The van der Waals surface area contributed by atoms with Gasteiger partial charge in [0.15, 0.2) is 6.07 Å². The number of nitrogens with zero attached hydrogens (tertiary/aromatic N) is 2.